The van der Waals surface area contributed by atoms with Gasteiger partial charge < -0.3 is 4.90 Å². The zero-order valence-electron chi connectivity index (χ0n) is 20.7. The molecule has 0 unspecified atom stereocenters. The molecule has 0 N–H and O–H groups in total. The Labute approximate surface area is 212 Å². The van der Waals surface area contributed by atoms with Crippen LogP contribution in [0.1, 0.15) is 32.3 Å². The monoisotopic (exact) mass is 485 g/mol. The van der Waals surface area contributed by atoms with E-state index in [1.54, 1.807) is 0 Å². The minimum atomic E-state index is 0.0306. The molecule has 1 saturated heterocycles. The molecule has 0 saturated carbocycles. The highest BCUT2D eigenvalue weighted by atomic mass is 35.5. The first-order valence-electron chi connectivity index (χ1n) is 12.5. The number of benzene rings is 3. The van der Waals surface area contributed by atoms with Crippen LogP contribution in [0.25, 0.3) is 33.4 Å². The van der Waals surface area contributed by atoms with Gasteiger partial charge in [0.2, 0.25) is 0 Å². The van der Waals surface area contributed by atoms with E-state index in [1.807, 2.05) is 47.0 Å². The van der Waals surface area contributed by atoms with Gasteiger partial charge >= 0.3 is 0 Å². The third kappa shape index (κ3) is 5.05. The fourth-order valence-corrected chi connectivity index (χ4v) is 5.23. The van der Waals surface area contributed by atoms with Crippen molar-refractivity contribution in [3.8, 4) is 22.5 Å². The molecule has 0 radical (unpaired) electrons. The van der Waals surface area contributed by atoms with Crippen LogP contribution >= 0.6 is 11.6 Å². The minimum absolute atomic E-state index is 0.0306. The van der Waals surface area contributed by atoms with E-state index in [-0.39, 0.29) is 5.56 Å². The number of hydrogen-bond donors (Lipinski definition) is 0. The van der Waals surface area contributed by atoms with Crippen molar-refractivity contribution in [1.29, 1.82) is 0 Å². The Morgan fingerprint density at radius 1 is 0.971 bits per heavy atom. The lowest BCUT2D eigenvalue weighted by atomic mass is 9.96. The van der Waals surface area contributed by atoms with Crippen molar-refractivity contribution in [2.45, 2.75) is 46.2 Å². The van der Waals surface area contributed by atoms with Crippen LogP contribution < -0.4 is 5.56 Å². The molecule has 0 amide bonds. The topological polar surface area (TPSA) is 38.1 Å². The Bertz CT molecular complexity index is 1390. The summed E-state index contributed by atoms with van der Waals surface area (Å²) in [4.78, 5) is 21.6. The SMILES string of the molecule is Cc1ccc(-c2nc3ccc(-c4ccc(Cl)cc4)cc3c(=O)n2C[C@H]2CCCN(C(C)C)C2)cc1. The van der Waals surface area contributed by atoms with Crippen LogP contribution in [-0.4, -0.2) is 33.6 Å². The van der Waals surface area contributed by atoms with Crippen molar-refractivity contribution in [3.05, 3.63) is 87.7 Å². The molecule has 180 valence electrons. The standard InChI is InChI=1S/C30H32ClN3O/c1-20(2)33-16-4-5-22(18-33)19-34-29(24-8-6-21(3)7-9-24)32-28-15-12-25(17-27(28)30(34)35)23-10-13-26(31)14-11-23/h6-15,17,20,22H,4-5,16,18-19H2,1-3H3/t22-/m0/s1. The molecular weight excluding hydrogens is 454 g/mol. The van der Waals surface area contributed by atoms with E-state index in [1.165, 1.54) is 12.0 Å². The first-order chi connectivity index (χ1) is 16.9. The number of rotatable bonds is 5. The summed E-state index contributed by atoms with van der Waals surface area (Å²) in [6, 6.07) is 22.5. The molecular formula is C30H32ClN3O. The second-order valence-corrected chi connectivity index (χ2v) is 10.5. The van der Waals surface area contributed by atoms with Gasteiger partial charge in [0, 0.05) is 29.7 Å². The van der Waals surface area contributed by atoms with Crippen LogP contribution in [0.15, 0.2) is 71.5 Å². The molecule has 1 aliphatic heterocycles. The number of aryl methyl sites for hydroxylation is 1. The summed E-state index contributed by atoms with van der Waals surface area (Å²) in [6.07, 6.45) is 2.30. The highest BCUT2D eigenvalue weighted by Gasteiger charge is 2.24. The highest BCUT2D eigenvalue weighted by molar-refractivity contribution is 6.30. The molecule has 1 fully saturated rings. The maximum Gasteiger partial charge on any atom is 0.261 e. The number of aromatic nitrogens is 2. The van der Waals surface area contributed by atoms with Gasteiger partial charge in [0.15, 0.2) is 0 Å². The van der Waals surface area contributed by atoms with Crippen molar-refractivity contribution in [2.24, 2.45) is 5.92 Å². The molecule has 5 rings (SSSR count). The van der Waals surface area contributed by atoms with Gasteiger partial charge in [-0.3, -0.25) is 9.36 Å². The molecule has 3 aromatic carbocycles. The number of likely N-dealkylation sites (tertiary alicyclic amines) is 1. The fraction of sp³-hybridized carbons (Fsp3) is 0.333. The van der Waals surface area contributed by atoms with Gasteiger partial charge in [-0.1, -0.05) is 59.6 Å². The van der Waals surface area contributed by atoms with Gasteiger partial charge in [-0.2, -0.15) is 0 Å². The zero-order valence-corrected chi connectivity index (χ0v) is 21.4. The molecule has 0 bridgehead atoms. The molecule has 0 spiro atoms. The van der Waals surface area contributed by atoms with Crippen LogP contribution in [0.2, 0.25) is 5.02 Å². The van der Waals surface area contributed by atoms with Crippen LogP contribution in [0.5, 0.6) is 0 Å². The van der Waals surface area contributed by atoms with Gasteiger partial charge in [-0.25, -0.2) is 4.98 Å². The quantitative estimate of drug-likeness (QED) is 0.311. The summed E-state index contributed by atoms with van der Waals surface area (Å²) in [7, 11) is 0. The van der Waals surface area contributed by atoms with Crippen molar-refractivity contribution in [3.63, 3.8) is 0 Å². The maximum absolute atomic E-state index is 14.0. The Morgan fingerprint density at radius 2 is 1.66 bits per heavy atom. The Hall–Kier alpha value is -2.95. The summed E-state index contributed by atoms with van der Waals surface area (Å²) in [5.41, 5.74) is 4.95. The van der Waals surface area contributed by atoms with Crippen molar-refractivity contribution in [1.82, 2.24) is 14.5 Å². The van der Waals surface area contributed by atoms with E-state index < -0.39 is 0 Å². The summed E-state index contributed by atoms with van der Waals surface area (Å²) in [5, 5.41) is 1.36. The Balaban J connectivity index is 1.62. The summed E-state index contributed by atoms with van der Waals surface area (Å²) in [5.74, 6) is 1.18. The third-order valence-corrected chi connectivity index (χ3v) is 7.41. The maximum atomic E-state index is 14.0. The van der Waals surface area contributed by atoms with Crippen LogP contribution in [0, 0.1) is 12.8 Å². The minimum Gasteiger partial charge on any atom is -0.301 e. The summed E-state index contributed by atoms with van der Waals surface area (Å²) in [6.45, 7) is 9.41. The highest BCUT2D eigenvalue weighted by Crippen LogP contribution is 2.27. The molecule has 5 heteroatoms. The fourth-order valence-electron chi connectivity index (χ4n) is 5.11. The van der Waals surface area contributed by atoms with E-state index in [0.29, 0.717) is 28.9 Å². The third-order valence-electron chi connectivity index (χ3n) is 7.16. The largest absolute Gasteiger partial charge is 0.301 e. The smallest absolute Gasteiger partial charge is 0.261 e. The molecule has 4 aromatic rings. The Morgan fingerprint density at radius 3 is 2.37 bits per heavy atom. The van der Waals surface area contributed by atoms with Gasteiger partial charge in [0.25, 0.3) is 5.56 Å². The second-order valence-electron chi connectivity index (χ2n) is 10.1. The van der Waals surface area contributed by atoms with E-state index in [9.17, 15) is 4.79 Å². The molecule has 1 aromatic heterocycles. The van der Waals surface area contributed by atoms with Gasteiger partial charge in [-0.15, -0.1) is 0 Å². The Kier molecular flexibility index (Phi) is 6.77. The van der Waals surface area contributed by atoms with Gasteiger partial charge in [0.05, 0.1) is 10.9 Å². The number of fused-ring (bicyclic) bond motifs is 1. The molecule has 4 nitrogen and oxygen atoms in total. The first kappa shape index (κ1) is 23.8. The number of piperidine rings is 1. The first-order valence-corrected chi connectivity index (χ1v) is 12.9. The van der Waals surface area contributed by atoms with Crippen molar-refractivity contribution >= 4 is 22.5 Å². The van der Waals surface area contributed by atoms with E-state index in [4.69, 9.17) is 16.6 Å². The number of nitrogens with zero attached hydrogens (tertiary/aromatic N) is 3. The van der Waals surface area contributed by atoms with Gasteiger partial charge in [0.1, 0.15) is 5.82 Å². The zero-order chi connectivity index (χ0) is 24.5. The molecule has 35 heavy (non-hydrogen) atoms. The predicted octanol–water partition coefficient (Wildman–Crippen LogP) is 6.81. The van der Waals surface area contributed by atoms with Gasteiger partial charge in [-0.05, 0) is 81.5 Å². The molecule has 2 heterocycles. The number of hydrogen-bond acceptors (Lipinski definition) is 3. The average molecular weight is 486 g/mol. The average Bonchev–Trinajstić information content (AvgIpc) is 2.87. The summed E-state index contributed by atoms with van der Waals surface area (Å²) >= 11 is 6.08. The second kappa shape index (κ2) is 9.96. The number of halogens is 1. The van der Waals surface area contributed by atoms with E-state index in [2.05, 4.69) is 49.9 Å². The van der Waals surface area contributed by atoms with Crippen LogP contribution in [-0.2, 0) is 6.54 Å². The van der Waals surface area contributed by atoms with Crippen molar-refractivity contribution < 1.29 is 0 Å². The van der Waals surface area contributed by atoms with E-state index >= 15 is 0 Å². The lowest BCUT2D eigenvalue weighted by Crippen LogP contribution is -2.42. The molecule has 1 aliphatic rings. The normalized spacial score (nSPS) is 16.8. The molecule has 1 atom stereocenters. The lowest BCUT2D eigenvalue weighted by Gasteiger charge is -2.35. The summed E-state index contributed by atoms with van der Waals surface area (Å²) < 4.78 is 1.92. The van der Waals surface area contributed by atoms with E-state index in [0.717, 1.165) is 47.5 Å². The van der Waals surface area contributed by atoms with Crippen molar-refractivity contribution in [2.75, 3.05) is 13.1 Å². The predicted molar refractivity (Wildman–Crippen MR) is 146 cm³/mol. The van der Waals surface area contributed by atoms with Crippen LogP contribution in [0.4, 0.5) is 0 Å². The molecule has 0 aliphatic carbocycles. The lowest BCUT2D eigenvalue weighted by molar-refractivity contribution is 0.130. The van der Waals surface area contributed by atoms with Crippen LogP contribution in [0.3, 0.4) is 0 Å².